The zero-order valence-electron chi connectivity index (χ0n) is 21.2. The Morgan fingerprint density at radius 1 is 1.00 bits per heavy atom. The van der Waals surface area contributed by atoms with E-state index in [0.717, 1.165) is 24.0 Å². The quantitative estimate of drug-likeness (QED) is 0.375. The van der Waals surface area contributed by atoms with Crippen molar-refractivity contribution in [2.24, 2.45) is 0 Å². The Balaban J connectivity index is 1.72. The monoisotopic (exact) mass is 534 g/mol. The molecule has 0 radical (unpaired) electrons. The van der Waals surface area contributed by atoms with Gasteiger partial charge in [-0.3, -0.25) is 0 Å². The van der Waals surface area contributed by atoms with Gasteiger partial charge in [0.1, 0.15) is 11.8 Å². The van der Waals surface area contributed by atoms with Gasteiger partial charge in [0.2, 0.25) is 11.2 Å². The maximum Gasteiger partial charge on any atom is 0.528 e. The van der Waals surface area contributed by atoms with Crippen molar-refractivity contribution < 1.29 is 19.4 Å². The van der Waals surface area contributed by atoms with Crippen LogP contribution in [0.3, 0.4) is 0 Å². The van der Waals surface area contributed by atoms with Gasteiger partial charge in [-0.05, 0) is 47.7 Å². The van der Waals surface area contributed by atoms with E-state index in [0.29, 0.717) is 5.76 Å². The Kier molecular flexibility index (Phi) is 8.50. The number of nitrogens with zero attached hydrogens (tertiary/aromatic N) is 5. The highest BCUT2D eigenvalue weighted by atomic mass is 35.5. The number of aliphatic carboxylic acids is 1. The highest BCUT2D eigenvalue weighted by Gasteiger charge is 2.38. The second kappa shape index (κ2) is 12.0. The van der Waals surface area contributed by atoms with Gasteiger partial charge in [0.25, 0.3) is 0 Å². The Hall–Kier alpha value is -4.08. The number of hydrogen-bond acceptors (Lipinski definition) is 7. The third kappa shape index (κ3) is 6.62. The standard InChI is InChI=1S/C28H28ClN5O4/c1-34(2,28(37)38-22-16-10-5-11-17-22)27-31-25(29)30-26(32-27)33(19-21-14-8-4-9-15-21)23(24(35)36)18-20-12-6-3-7-13-20/h3-4,6-10,12-17,23H,5,11,18-19H2,1-2H3/p+1. The zero-order chi connectivity index (χ0) is 27.1. The topological polar surface area (TPSA) is 106 Å². The number of quaternary nitrogens is 1. The fourth-order valence-corrected chi connectivity index (χ4v) is 4.09. The van der Waals surface area contributed by atoms with Gasteiger partial charge in [-0.25, -0.2) is 4.79 Å². The van der Waals surface area contributed by atoms with Crippen LogP contribution in [0.2, 0.25) is 5.28 Å². The molecule has 1 aliphatic carbocycles. The first kappa shape index (κ1) is 27.0. The molecule has 4 rings (SSSR count). The number of amides is 1. The number of halogens is 1. The van der Waals surface area contributed by atoms with E-state index in [2.05, 4.69) is 15.0 Å². The van der Waals surface area contributed by atoms with Gasteiger partial charge in [-0.2, -0.15) is 14.3 Å². The minimum Gasteiger partial charge on any atom is -0.480 e. The summed E-state index contributed by atoms with van der Waals surface area (Å²) < 4.78 is 5.08. The Morgan fingerprint density at radius 3 is 2.26 bits per heavy atom. The fraction of sp³-hybridized carbons (Fsp3) is 0.250. The number of carbonyl (C=O) groups excluding carboxylic acids is 1. The maximum atomic E-state index is 13.1. The predicted octanol–water partition coefficient (Wildman–Crippen LogP) is 5.16. The molecule has 196 valence electrons. The largest absolute Gasteiger partial charge is 0.528 e. The summed E-state index contributed by atoms with van der Waals surface area (Å²) in [5, 5.41) is 10.1. The van der Waals surface area contributed by atoms with Gasteiger partial charge in [0, 0.05) is 13.0 Å². The lowest BCUT2D eigenvalue weighted by atomic mass is 10.0. The van der Waals surface area contributed by atoms with Crippen molar-refractivity contribution in [3.05, 3.63) is 101 Å². The Bertz CT molecular complexity index is 1350. The van der Waals surface area contributed by atoms with E-state index in [1.165, 1.54) is 0 Å². The van der Waals surface area contributed by atoms with E-state index in [4.69, 9.17) is 16.3 Å². The average molecular weight is 535 g/mol. The van der Waals surface area contributed by atoms with Crippen molar-refractivity contribution in [1.82, 2.24) is 19.4 Å². The summed E-state index contributed by atoms with van der Waals surface area (Å²) in [4.78, 5) is 40.3. The summed E-state index contributed by atoms with van der Waals surface area (Å²) in [7, 11) is 3.15. The molecule has 0 aliphatic heterocycles. The van der Waals surface area contributed by atoms with Crippen molar-refractivity contribution in [2.45, 2.75) is 31.8 Å². The summed E-state index contributed by atoms with van der Waals surface area (Å²) in [6, 6.07) is 17.7. The smallest absolute Gasteiger partial charge is 0.480 e. The van der Waals surface area contributed by atoms with Crippen LogP contribution < -0.4 is 9.38 Å². The normalized spacial score (nSPS) is 13.9. The molecule has 1 aromatic heterocycles. The first-order valence-corrected chi connectivity index (χ1v) is 12.5. The lowest BCUT2D eigenvalue weighted by Crippen LogP contribution is -2.49. The highest BCUT2D eigenvalue weighted by Crippen LogP contribution is 2.26. The van der Waals surface area contributed by atoms with E-state index in [1.54, 1.807) is 25.1 Å². The number of allylic oxidation sites excluding steroid dienone is 3. The van der Waals surface area contributed by atoms with Crippen molar-refractivity contribution in [1.29, 1.82) is 0 Å². The van der Waals surface area contributed by atoms with Gasteiger partial charge in [0.15, 0.2) is 0 Å². The first-order valence-electron chi connectivity index (χ1n) is 12.2. The average Bonchev–Trinajstić information content (AvgIpc) is 2.92. The van der Waals surface area contributed by atoms with Crippen molar-refractivity contribution in [2.75, 3.05) is 19.0 Å². The maximum absolute atomic E-state index is 13.1. The van der Waals surface area contributed by atoms with E-state index in [1.807, 2.05) is 72.8 Å². The SMILES string of the molecule is C[N+](C)(C(=O)OC1=CCCC=C1)c1nc(Cl)nc(N(Cc2ccccc2)C(Cc2ccccc2)C(=O)O)n1. The molecule has 1 atom stereocenters. The highest BCUT2D eigenvalue weighted by molar-refractivity contribution is 6.28. The predicted molar refractivity (Wildman–Crippen MR) is 146 cm³/mol. The molecule has 0 bridgehead atoms. The summed E-state index contributed by atoms with van der Waals surface area (Å²) in [6.45, 7) is 0.194. The molecule has 3 aromatic rings. The van der Waals surface area contributed by atoms with Crippen LogP contribution in [0.5, 0.6) is 0 Å². The van der Waals surface area contributed by atoms with Gasteiger partial charge in [-0.1, -0.05) is 66.7 Å². The van der Waals surface area contributed by atoms with Crippen LogP contribution >= 0.6 is 11.6 Å². The van der Waals surface area contributed by atoms with E-state index in [-0.39, 0.29) is 30.1 Å². The lowest BCUT2D eigenvalue weighted by molar-refractivity contribution is -0.138. The summed E-state index contributed by atoms with van der Waals surface area (Å²) >= 11 is 6.32. The van der Waals surface area contributed by atoms with Crippen LogP contribution in [0.4, 0.5) is 16.7 Å². The third-order valence-corrected chi connectivity index (χ3v) is 6.26. The van der Waals surface area contributed by atoms with Gasteiger partial charge >= 0.3 is 18.0 Å². The molecular weight excluding hydrogens is 506 g/mol. The van der Waals surface area contributed by atoms with Crippen LogP contribution in [-0.2, 0) is 22.5 Å². The van der Waals surface area contributed by atoms with Crippen LogP contribution in [0, 0.1) is 0 Å². The van der Waals surface area contributed by atoms with Crippen LogP contribution in [-0.4, -0.2) is 52.3 Å². The summed E-state index contributed by atoms with van der Waals surface area (Å²) in [5.74, 6) is -0.533. The van der Waals surface area contributed by atoms with Crippen LogP contribution in [0.15, 0.2) is 84.7 Å². The van der Waals surface area contributed by atoms with Crippen LogP contribution in [0.25, 0.3) is 0 Å². The molecule has 0 fully saturated rings. The molecule has 9 nitrogen and oxygen atoms in total. The van der Waals surface area contributed by atoms with Gasteiger partial charge < -0.3 is 14.7 Å². The number of carboxylic acid groups (broad SMARTS) is 1. The molecule has 1 amide bonds. The third-order valence-electron chi connectivity index (χ3n) is 6.09. The van der Waals surface area contributed by atoms with E-state index >= 15 is 0 Å². The Morgan fingerprint density at radius 2 is 1.66 bits per heavy atom. The Labute approximate surface area is 226 Å². The number of carbonyl (C=O) groups is 2. The summed E-state index contributed by atoms with van der Waals surface area (Å²) in [5.41, 5.74) is 1.70. The summed E-state index contributed by atoms with van der Waals surface area (Å²) in [6.07, 6.45) is 6.76. The number of ether oxygens (including phenoxy) is 1. The zero-order valence-corrected chi connectivity index (χ0v) is 22.0. The number of rotatable bonds is 9. The molecule has 0 saturated carbocycles. The number of hydrogen-bond donors (Lipinski definition) is 1. The molecule has 1 unspecified atom stereocenters. The molecule has 0 spiro atoms. The first-order chi connectivity index (χ1) is 18.2. The van der Waals surface area contributed by atoms with Crippen molar-refractivity contribution in [3.63, 3.8) is 0 Å². The van der Waals surface area contributed by atoms with Crippen molar-refractivity contribution >= 4 is 35.6 Å². The number of benzene rings is 2. The second-order valence-electron chi connectivity index (χ2n) is 9.27. The molecule has 1 heterocycles. The molecule has 10 heteroatoms. The molecule has 2 aromatic carbocycles. The van der Waals surface area contributed by atoms with Crippen molar-refractivity contribution in [3.8, 4) is 0 Å². The number of carboxylic acids is 1. The minimum absolute atomic E-state index is 0.0206. The van der Waals surface area contributed by atoms with E-state index < -0.39 is 22.6 Å². The molecule has 0 saturated heterocycles. The minimum atomic E-state index is -1.05. The second-order valence-corrected chi connectivity index (χ2v) is 9.61. The lowest BCUT2D eigenvalue weighted by Gasteiger charge is -2.30. The molecular formula is C28H29ClN5O4+. The van der Waals surface area contributed by atoms with E-state index in [9.17, 15) is 14.7 Å². The van der Waals surface area contributed by atoms with Gasteiger partial charge in [0.05, 0.1) is 14.1 Å². The number of anilines is 1. The number of aromatic nitrogens is 3. The van der Waals surface area contributed by atoms with Gasteiger partial charge in [-0.15, -0.1) is 9.97 Å². The molecule has 1 N–H and O–H groups in total. The van der Waals surface area contributed by atoms with Crippen LogP contribution in [0.1, 0.15) is 24.0 Å². The molecule has 38 heavy (non-hydrogen) atoms. The fourth-order valence-electron chi connectivity index (χ4n) is 3.94. The molecule has 1 aliphatic rings.